The standard InChI is InChI=1S/C20H21ClN4O2/c1-20(2,27)9-8-18(26)17-10-16(13-4-6-15(21)7-5-13)23-19(24-17)14-11-22-25(3)12-14/h4-7,10-12,27H,8-9H2,1-3H3. The second-order valence-electron chi connectivity index (χ2n) is 7.11. The van der Waals surface area contributed by atoms with Crippen LogP contribution in [0.25, 0.3) is 22.6 Å². The van der Waals surface area contributed by atoms with Crippen LogP contribution in [-0.4, -0.2) is 36.2 Å². The number of benzene rings is 1. The van der Waals surface area contributed by atoms with E-state index < -0.39 is 5.60 Å². The van der Waals surface area contributed by atoms with E-state index in [1.54, 1.807) is 49.1 Å². The average Bonchev–Trinajstić information content (AvgIpc) is 3.06. The number of rotatable bonds is 6. The first-order valence-electron chi connectivity index (χ1n) is 8.61. The first-order valence-corrected chi connectivity index (χ1v) is 8.99. The van der Waals surface area contributed by atoms with E-state index in [0.717, 1.165) is 11.1 Å². The topological polar surface area (TPSA) is 80.9 Å². The number of carbonyl (C=O) groups excluding carboxylic acids is 1. The summed E-state index contributed by atoms with van der Waals surface area (Å²) in [6.07, 6.45) is 4.01. The highest BCUT2D eigenvalue weighted by atomic mass is 35.5. The van der Waals surface area contributed by atoms with Gasteiger partial charge in [-0.1, -0.05) is 23.7 Å². The summed E-state index contributed by atoms with van der Waals surface area (Å²) in [4.78, 5) is 21.7. The summed E-state index contributed by atoms with van der Waals surface area (Å²) < 4.78 is 1.66. The highest BCUT2D eigenvalue weighted by molar-refractivity contribution is 6.30. The molecular formula is C20H21ClN4O2. The van der Waals surface area contributed by atoms with Gasteiger partial charge in [0.05, 0.1) is 23.1 Å². The molecule has 0 atom stereocenters. The monoisotopic (exact) mass is 384 g/mol. The van der Waals surface area contributed by atoms with Gasteiger partial charge in [-0.2, -0.15) is 5.10 Å². The van der Waals surface area contributed by atoms with Crippen molar-refractivity contribution < 1.29 is 9.90 Å². The molecule has 6 nitrogen and oxygen atoms in total. The Hall–Kier alpha value is -2.57. The van der Waals surface area contributed by atoms with Crippen LogP contribution in [0.5, 0.6) is 0 Å². The van der Waals surface area contributed by atoms with Crippen molar-refractivity contribution in [3.63, 3.8) is 0 Å². The maximum absolute atomic E-state index is 12.7. The number of halogens is 1. The third-order valence-electron chi connectivity index (χ3n) is 4.08. The molecule has 0 amide bonds. The average molecular weight is 385 g/mol. The minimum Gasteiger partial charge on any atom is -0.390 e. The van der Waals surface area contributed by atoms with Crippen LogP contribution in [-0.2, 0) is 7.05 Å². The Balaban J connectivity index is 2.02. The van der Waals surface area contributed by atoms with Crippen molar-refractivity contribution >= 4 is 17.4 Å². The molecule has 0 bridgehead atoms. The minimum atomic E-state index is -0.909. The molecule has 0 spiro atoms. The Morgan fingerprint density at radius 3 is 2.48 bits per heavy atom. The summed E-state index contributed by atoms with van der Waals surface area (Å²) in [6, 6.07) is 8.93. The Bertz CT molecular complexity index is 959. The summed E-state index contributed by atoms with van der Waals surface area (Å²) >= 11 is 5.97. The van der Waals surface area contributed by atoms with Gasteiger partial charge >= 0.3 is 0 Å². The molecule has 0 unspecified atom stereocenters. The lowest BCUT2D eigenvalue weighted by Crippen LogP contribution is -2.20. The van der Waals surface area contributed by atoms with Crippen molar-refractivity contribution in [1.82, 2.24) is 19.7 Å². The van der Waals surface area contributed by atoms with Crippen molar-refractivity contribution in [1.29, 1.82) is 0 Å². The number of aryl methyl sites for hydroxylation is 1. The Labute approximate surface area is 162 Å². The Morgan fingerprint density at radius 2 is 1.89 bits per heavy atom. The molecule has 7 heteroatoms. The van der Waals surface area contributed by atoms with Crippen LogP contribution in [0, 0.1) is 0 Å². The molecule has 1 N–H and O–H groups in total. The van der Waals surface area contributed by atoms with E-state index in [-0.39, 0.29) is 12.2 Å². The fourth-order valence-electron chi connectivity index (χ4n) is 2.57. The molecular weight excluding hydrogens is 364 g/mol. The van der Waals surface area contributed by atoms with Crippen molar-refractivity contribution in [3.05, 3.63) is 53.4 Å². The van der Waals surface area contributed by atoms with Gasteiger partial charge in [-0.05, 0) is 38.5 Å². The molecule has 2 heterocycles. The lowest BCUT2D eigenvalue weighted by atomic mass is 9.99. The molecule has 3 rings (SSSR count). The van der Waals surface area contributed by atoms with Crippen molar-refractivity contribution in [2.75, 3.05) is 0 Å². The molecule has 0 aliphatic rings. The number of aliphatic hydroxyl groups is 1. The summed E-state index contributed by atoms with van der Waals surface area (Å²) in [5, 5.41) is 14.7. The van der Waals surface area contributed by atoms with E-state index in [0.29, 0.717) is 28.7 Å². The van der Waals surface area contributed by atoms with Gasteiger partial charge in [-0.15, -0.1) is 0 Å². The summed E-state index contributed by atoms with van der Waals surface area (Å²) in [5.41, 5.74) is 1.60. The predicted octanol–water partition coefficient (Wildman–Crippen LogP) is 3.93. The van der Waals surface area contributed by atoms with Crippen LogP contribution < -0.4 is 0 Å². The SMILES string of the molecule is Cn1cc(-c2nc(C(=O)CCC(C)(C)O)cc(-c3ccc(Cl)cc3)n2)cn1. The Kier molecular flexibility index (Phi) is 5.39. The third-order valence-corrected chi connectivity index (χ3v) is 4.33. The molecule has 0 aliphatic carbocycles. The van der Waals surface area contributed by atoms with E-state index in [2.05, 4.69) is 15.1 Å². The minimum absolute atomic E-state index is 0.139. The smallest absolute Gasteiger partial charge is 0.181 e. The fourth-order valence-corrected chi connectivity index (χ4v) is 2.70. The van der Waals surface area contributed by atoms with Gasteiger partial charge in [-0.3, -0.25) is 9.48 Å². The van der Waals surface area contributed by atoms with Crippen LogP contribution >= 0.6 is 11.6 Å². The molecule has 0 aliphatic heterocycles. The van der Waals surface area contributed by atoms with E-state index in [1.807, 2.05) is 19.2 Å². The molecule has 2 aromatic heterocycles. The lowest BCUT2D eigenvalue weighted by Gasteiger charge is -2.16. The summed E-state index contributed by atoms with van der Waals surface area (Å²) in [5.74, 6) is 0.294. The number of hydrogen-bond donors (Lipinski definition) is 1. The highest BCUT2D eigenvalue weighted by Crippen LogP contribution is 2.25. The van der Waals surface area contributed by atoms with Crippen LogP contribution in [0.4, 0.5) is 0 Å². The van der Waals surface area contributed by atoms with Gasteiger partial charge in [0.2, 0.25) is 0 Å². The normalized spacial score (nSPS) is 11.6. The molecule has 140 valence electrons. The van der Waals surface area contributed by atoms with Gasteiger partial charge < -0.3 is 5.11 Å². The van der Waals surface area contributed by atoms with E-state index in [9.17, 15) is 9.90 Å². The van der Waals surface area contributed by atoms with Gasteiger partial charge in [0.25, 0.3) is 0 Å². The number of ketones is 1. The van der Waals surface area contributed by atoms with Crippen LogP contribution in [0.1, 0.15) is 37.2 Å². The molecule has 0 saturated heterocycles. The number of carbonyl (C=O) groups is 1. The van der Waals surface area contributed by atoms with Gasteiger partial charge in [0.15, 0.2) is 11.6 Å². The number of aromatic nitrogens is 4. The van der Waals surface area contributed by atoms with Crippen molar-refractivity contribution in [3.8, 4) is 22.6 Å². The van der Waals surface area contributed by atoms with Crippen molar-refractivity contribution in [2.24, 2.45) is 7.05 Å². The number of Topliss-reactive ketones (excluding diaryl/α,β-unsaturated/α-hetero) is 1. The molecule has 3 aromatic rings. The van der Waals surface area contributed by atoms with Gasteiger partial charge in [0.1, 0.15) is 5.69 Å². The van der Waals surface area contributed by atoms with Crippen LogP contribution in [0.15, 0.2) is 42.7 Å². The molecule has 1 aromatic carbocycles. The van der Waals surface area contributed by atoms with Crippen LogP contribution in [0.3, 0.4) is 0 Å². The zero-order valence-corrected chi connectivity index (χ0v) is 16.2. The van der Waals surface area contributed by atoms with Gasteiger partial charge in [-0.25, -0.2) is 9.97 Å². The summed E-state index contributed by atoms with van der Waals surface area (Å²) in [6.45, 7) is 3.36. The fraction of sp³-hybridized carbons (Fsp3) is 0.300. The lowest BCUT2D eigenvalue weighted by molar-refractivity contribution is 0.0631. The highest BCUT2D eigenvalue weighted by Gasteiger charge is 2.19. The zero-order chi connectivity index (χ0) is 19.6. The maximum atomic E-state index is 12.7. The molecule has 0 saturated carbocycles. The van der Waals surface area contributed by atoms with Crippen molar-refractivity contribution in [2.45, 2.75) is 32.3 Å². The predicted molar refractivity (Wildman–Crippen MR) is 105 cm³/mol. The zero-order valence-electron chi connectivity index (χ0n) is 15.5. The van der Waals surface area contributed by atoms with E-state index in [4.69, 9.17) is 11.6 Å². The first-order chi connectivity index (χ1) is 12.7. The first kappa shape index (κ1) is 19.2. The van der Waals surface area contributed by atoms with E-state index >= 15 is 0 Å². The Morgan fingerprint density at radius 1 is 1.19 bits per heavy atom. The molecule has 0 radical (unpaired) electrons. The quantitative estimate of drug-likeness (QED) is 0.651. The second kappa shape index (κ2) is 7.58. The van der Waals surface area contributed by atoms with Crippen LogP contribution in [0.2, 0.25) is 5.02 Å². The molecule has 0 fully saturated rings. The second-order valence-corrected chi connectivity index (χ2v) is 7.54. The third kappa shape index (κ3) is 4.99. The summed E-state index contributed by atoms with van der Waals surface area (Å²) in [7, 11) is 1.81. The number of hydrogen-bond acceptors (Lipinski definition) is 5. The van der Waals surface area contributed by atoms with E-state index in [1.165, 1.54) is 0 Å². The maximum Gasteiger partial charge on any atom is 0.181 e. The largest absolute Gasteiger partial charge is 0.390 e. The van der Waals surface area contributed by atoms with Gasteiger partial charge in [0, 0.05) is 30.3 Å². The molecule has 27 heavy (non-hydrogen) atoms. The number of nitrogens with zero attached hydrogens (tertiary/aromatic N) is 4.